The van der Waals surface area contributed by atoms with Gasteiger partial charge in [-0.25, -0.2) is 15.0 Å². The summed E-state index contributed by atoms with van der Waals surface area (Å²) in [6.45, 7) is 1.92. The summed E-state index contributed by atoms with van der Waals surface area (Å²) in [6, 6.07) is 4.14. The van der Waals surface area contributed by atoms with Gasteiger partial charge in [-0.2, -0.15) is 5.26 Å². The largest absolute Gasteiger partial charge is 0.371 e. The molecule has 0 unspecified atom stereocenters. The Hall–Kier alpha value is -3.25. The smallest absolute Gasteiger partial charge is 0.257 e. The predicted octanol–water partition coefficient (Wildman–Crippen LogP) is 1.38. The highest BCUT2D eigenvalue weighted by molar-refractivity contribution is 5.99. The Bertz CT molecular complexity index is 868. The number of rotatable bonds is 5. The fraction of sp³-hybridized carbons (Fsp3) is 0.421. The van der Waals surface area contributed by atoms with Gasteiger partial charge in [-0.1, -0.05) is 0 Å². The quantitative estimate of drug-likeness (QED) is 0.800. The highest BCUT2D eigenvalue weighted by atomic mass is 16.2. The van der Waals surface area contributed by atoms with Crippen LogP contribution in [0.5, 0.6) is 0 Å². The molecule has 1 fully saturated rings. The first-order valence-corrected chi connectivity index (χ1v) is 9.14. The number of carbonyl (C=O) groups excluding carboxylic acids is 1. The zero-order valence-corrected chi connectivity index (χ0v) is 16.3. The van der Waals surface area contributed by atoms with E-state index in [2.05, 4.69) is 30.5 Å². The second-order valence-corrected chi connectivity index (χ2v) is 6.90. The average Bonchev–Trinajstić information content (AvgIpc) is 2.73. The van der Waals surface area contributed by atoms with Crippen LogP contribution in [0, 0.1) is 11.3 Å². The third-order valence-electron chi connectivity index (χ3n) is 4.78. The summed E-state index contributed by atoms with van der Waals surface area (Å²) in [5, 5.41) is 15.3. The van der Waals surface area contributed by atoms with Gasteiger partial charge in [0.2, 0.25) is 0 Å². The highest BCUT2D eigenvalue weighted by Gasteiger charge is 2.24. The van der Waals surface area contributed by atoms with Crippen LogP contribution < -0.4 is 15.5 Å². The maximum Gasteiger partial charge on any atom is 0.257 e. The van der Waals surface area contributed by atoms with E-state index in [0.717, 1.165) is 31.6 Å². The SMILES string of the molecule is CN(C)C(=O)c1cnc(Nc2cnc(C#N)cn2)cc1N(C)C1CCNCC1. The summed E-state index contributed by atoms with van der Waals surface area (Å²) in [7, 11) is 5.48. The Morgan fingerprint density at radius 2 is 1.86 bits per heavy atom. The lowest BCUT2D eigenvalue weighted by Gasteiger charge is -2.34. The Balaban J connectivity index is 1.91. The predicted molar refractivity (Wildman–Crippen MR) is 107 cm³/mol. The molecule has 0 spiro atoms. The molecule has 9 heteroatoms. The maximum atomic E-state index is 12.7. The van der Waals surface area contributed by atoms with E-state index in [9.17, 15) is 4.79 Å². The third-order valence-corrected chi connectivity index (χ3v) is 4.78. The third kappa shape index (κ3) is 4.35. The monoisotopic (exact) mass is 380 g/mol. The summed E-state index contributed by atoms with van der Waals surface area (Å²) in [6.07, 6.45) is 6.49. The molecule has 28 heavy (non-hydrogen) atoms. The standard InChI is InChI=1S/C19H24N8O/c1-26(2)19(28)15-11-24-17(25-18-12-22-13(9-20)10-23-18)8-16(15)27(3)14-4-6-21-7-5-14/h8,10-12,14,21H,4-7H2,1-3H3,(H,23,24,25). The molecule has 9 nitrogen and oxygen atoms in total. The van der Waals surface area contributed by atoms with E-state index >= 15 is 0 Å². The number of amides is 1. The average molecular weight is 380 g/mol. The minimum atomic E-state index is -0.0898. The van der Waals surface area contributed by atoms with Crippen molar-refractivity contribution in [1.82, 2.24) is 25.2 Å². The minimum Gasteiger partial charge on any atom is -0.371 e. The minimum absolute atomic E-state index is 0.0898. The summed E-state index contributed by atoms with van der Waals surface area (Å²) in [4.78, 5) is 28.9. The maximum absolute atomic E-state index is 12.7. The number of carbonyl (C=O) groups is 1. The van der Waals surface area contributed by atoms with E-state index in [1.54, 1.807) is 25.2 Å². The van der Waals surface area contributed by atoms with Crippen molar-refractivity contribution in [3.63, 3.8) is 0 Å². The van der Waals surface area contributed by atoms with Crippen molar-refractivity contribution in [1.29, 1.82) is 5.26 Å². The summed E-state index contributed by atoms with van der Waals surface area (Å²) in [5.41, 5.74) is 1.63. The lowest BCUT2D eigenvalue weighted by Crippen LogP contribution is -2.42. The lowest BCUT2D eigenvalue weighted by molar-refractivity contribution is 0.0827. The van der Waals surface area contributed by atoms with Gasteiger partial charge in [0.1, 0.15) is 17.7 Å². The molecule has 1 saturated heterocycles. The fourth-order valence-corrected chi connectivity index (χ4v) is 3.18. The number of aromatic nitrogens is 3. The van der Waals surface area contributed by atoms with Crippen molar-refractivity contribution in [2.75, 3.05) is 44.4 Å². The van der Waals surface area contributed by atoms with Gasteiger partial charge in [0.05, 0.1) is 23.6 Å². The highest BCUT2D eigenvalue weighted by Crippen LogP contribution is 2.28. The van der Waals surface area contributed by atoms with Gasteiger partial charge in [-0.05, 0) is 25.9 Å². The molecule has 0 aromatic carbocycles. The van der Waals surface area contributed by atoms with Gasteiger partial charge < -0.3 is 20.4 Å². The van der Waals surface area contributed by atoms with E-state index < -0.39 is 0 Å². The van der Waals surface area contributed by atoms with Crippen LogP contribution in [0.3, 0.4) is 0 Å². The van der Waals surface area contributed by atoms with E-state index in [1.807, 2.05) is 19.2 Å². The molecule has 0 aliphatic carbocycles. The van der Waals surface area contributed by atoms with Crippen molar-refractivity contribution in [3.05, 3.63) is 35.9 Å². The molecule has 3 rings (SSSR count). The van der Waals surface area contributed by atoms with Crippen molar-refractivity contribution >= 4 is 23.2 Å². The van der Waals surface area contributed by atoms with E-state index in [1.165, 1.54) is 12.4 Å². The molecule has 146 valence electrons. The van der Waals surface area contributed by atoms with Crippen LogP contribution in [-0.2, 0) is 0 Å². The molecule has 0 atom stereocenters. The molecule has 3 heterocycles. The van der Waals surface area contributed by atoms with Gasteiger partial charge >= 0.3 is 0 Å². The first kappa shape index (κ1) is 19.5. The Labute approximate surface area is 164 Å². The van der Waals surface area contributed by atoms with Gasteiger partial charge in [0, 0.05) is 39.4 Å². The molecule has 2 N–H and O–H groups in total. The number of piperidine rings is 1. The molecule has 0 saturated carbocycles. The van der Waals surface area contributed by atoms with Crippen LogP contribution in [0.2, 0.25) is 0 Å². The fourth-order valence-electron chi connectivity index (χ4n) is 3.18. The number of nitrogens with zero attached hydrogens (tertiary/aromatic N) is 6. The van der Waals surface area contributed by atoms with Crippen LogP contribution in [0.1, 0.15) is 28.9 Å². The number of nitrogens with one attached hydrogen (secondary N) is 2. The first-order valence-electron chi connectivity index (χ1n) is 9.14. The van der Waals surface area contributed by atoms with Crippen LogP contribution in [0.4, 0.5) is 17.3 Å². The molecule has 2 aromatic heterocycles. The zero-order chi connectivity index (χ0) is 20.1. The second-order valence-electron chi connectivity index (χ2n) is 6.90. The topological polar surface area (TPSA) is 110 Å². The normalized spacial score (nSPS) is 14.2. The molecule has 1 amide bonds. The lowest BCUT2D eigenvalue weighted by atomic mass is 10.0. The molecule has 1 aliphatic rings. The van der Waals surface area contributed by atoms with Crippen LogP contribution in [-0.4, -0.2) is 66.0 Å². The number of hydrogen-bond acceptors (Lipinski definition) is 8. The van der Waals surface area contributed by atoms with Gasteiger partial charge in [-0.15, -0.1) is 0 Å². The number of anilines is 3. The summed E-state index contributed by atoms with van der Waals surface area (Å²) in [5.74, 6) is 0.951. The summed E-state index contributed by atoms with van der Waals surface area (Å²) < 4.78 is 0. The Morgan fingerprint density at radius 3 is 2.46 bits per heavy atom. The van der Waals surface area contributed by atoms with Crippen molar-refractivity contribution in [2.45, 2.75) is 18.9 Å². The van der Waals surface area contributed by atoms with E-state index in [-0.39, 0.29) is 11.6 Å². The molecule has 1 aliphatic heterocycles. The van der Waals surface area contributed by atoms with Crippen LogP contribution >= 0.6 is 0 Å². The number of pyridine rings is 1. The Kier molecular flexibility index (Phi) is 6.01. The molecular formula is C19H24N8O. The van der Waals surface area contributed by atoms with Crippen LogP contribution in [0.15, 0.2) is 24.7 Å². The van der Waals surface area contributed by atoms with E-state index in [4.69, 9.17) is 5.26 Å². The van der Waals surface area contributed by atoms with Gasteiger partial charge in [-0.3, -0.25) is 4.79 Å². The molecule has 2 aromatic rings. The molecular weight excluding hydrogens is 356 g/mol. The Morgan fingerprint density at radius 1 is 1.14 bits per heavy atom. The van der Waals surface area contributed by atoms with E-state index in [0.29, 0.717) is 23.2 Å². The zero-order valence-electron chi connectivity index (χ0n) is 16.3. The number of nitriles is 1. The summed E-state index contributed by atoms with van der Waals surface area (Å²) >= 11 is 0. The second kappa shape index (κ2) is 8.63. The van der Waals surface area contributed by atoms with Crippen LogP contribution in [0.25, 0.3) is 0 Å². The van der Waals surface area contributed by atoms with Gasteiger partial charge in [0.25, 0.3) is 5.91 Å². The number of hydrogen-bond donors (Lipinski definition) is 2. The van der Waals surface area contributed by atoms with Crippen molar-refractivity contribution < 1.29 is 4.79 Å². The van der Waals surface area contributed by atoms with Gasteiger partial charge in [0.15, 0.2) is 5.69 Å². The molecule has 0 bridgehead atoms. The first-order chi connectivity index (χ1) is 13.5. The van der Waals surface area contributed by atoms with Crippen molar-refractivity contribution in [2.24, 2.45) is 0 Å². The van der Waals surface area contributed by atoms with Crippen molar-refractivity contribution in [3.8, 4) is 6.07 Å². The molecule has 0 radical (unpaired) electrons.